The van der Waals surface area contributed by atoms with E-state index in [1.54, 1.807) is 23.0 Å². The maximum Gasteiger partial charge on any atom is 0.294 e. The summed E-state index contributed by atoms with van der Waals surface area (Å²) in [6.45, 7) is 6.08. The zero-order valence-corrected chi connectivity index (χ0v) is 19.5. The summed E-state index contributed by atoms with van der Waals surface area (Å²) in [5.74, 6) is 0.838. The van der Waals surface area contributed by atoms with Gasteiger partial charge in [-0.3, -0.25) is 4.98 Å². The van der Waals surface area contributed by atoms with Crippen molar-refractivity contribution in [2.75, 3.05) is 18.0 Å². The number of hydrogen-bond donors (Lipinski definition) is 0. The molecule has 0 amide bonds. The number of rotatable bonds is 7. The van der Waals surface area contributed by atoms with E-state index in [4.69, 9.17) is 4.74 Å². The first-order valence-corrected chi connectivity index (χ1v) is 12.1. The lowest BCUT2D eigenvalue weighted by Crippen LogP contribution is -2.39. The van der Waals surface area contributed by atoms with Gasteiger partial charge in [-0.05, 0) is 55.1 Å². The molecule has 33 heavy (non-hydrogen) atoms. The van der Waals surface area contributed by atoms with Crippen molar-refractivity contribution in [2.45, 2.75) is 45.6 Å². The number of anilines is 1. The number of pyridine rings is 1. The summed E-state index contributed by atoms with van der Waals surface area (Å²) in [6.07, 6.45) is 12.5. The van der Waals surface area contributed by atoms with Gasteiger partial charge in [-0.15, -0.1) is 5.10 Å². The Balaban J connectivity index is 1.18. The molecule has 1 aliphatic heterocycles. The fourth-order valence-electron chi connectivity index (χ4n) is 4.20. The fourth-order valence-corrected chi connectivity index (χ4v) is 5.01. The molecular weight excluding hydrogens is 441 g/mol. The maximum absolute atomic E-state index is 14.0. The van der Waals surface area contributed by atoms with Crippen LogP contribution in [0, 0.1) is 11.7 Å². The summed E-state index contributed by atoms with van der Waals surface area (Å²) in [5.41, 5.74) is 2.13. The van der Waals surface area contributed by atoms with Gasteiger partial charge in [0, 0.05) is 37.2 Å². The lowest BCUT2D eigenvalue weighted by Gasteiger charge is -2.34. The number of piperidine rings is 1. The van der Waals surface area contributed by atoms with E-state index in [2.05, 4.69) is 43.8 Å². The molecule has 4 aromatic rings. The Morgan fingerprint density at radius 3 is 2.70 bits per heavy atom. The number of fused-ring (bicyclic) bond motifs is 1. The minimum Gasteiger partial charge on any atom is -0.466 e. The smallest absolute Gasteiger partial charge is 0.294 e. The molecule has 172 valence electrons. The van der Waals surface area contributed by atoms with E-state index < -0.39 is 5.82 Å². The Morgan fingerprint density at radius 1 is 1.21 bits per heavy atom. The minimum absolute atomic E-state index is 0.0352. The highest BCUT2D eigenvalue weighted by Gasteiger charge is 2.27. The van der Waals surface area contributed by atoms with Crippen molar-refractivity contribution in [2.24, 2.45) is 5.92 Å². The van der Waals surface area contributed by atoms with Gasteiger partial charge in [0.05, 0.1) is 18.1 Å². The van der Waals surface area contributed by atoms with Crippen LogP contribution in [0.4, 0.5) is 10.3 Å². The number of halogens is 1. The molecule has 1 aliphatic rings. The van der Waals surface area contributed by atoms with Crippen LogP contribution < -0.4 is 9.64 Å². The molecule has 5 rings (SSSR count). The molecular formula is C23H26FN7OS. The predicted molar refractivity (Wildman–Crippen MR) is 125 cm³/mol. The molecule has 10 heteroatoms. The molecule has 0 aromatic carbocycles. The minimum atomic E-state index is -0.401. The highest BCUT2D eigenvalue weighted by Crippen LogP contribution is 2.30. The molecule has 0 spiro atoms. The second kappa shape index (κ2) is 9.38. The lowest BCUT2D eigenvalue weighted by molar-refractivity contribution is 0.131. The average molecular weight is 468 g/mol. The molecule has 1 saturated heterocycles. The molecule has 0 aliphatic carbocycles. The Kier molecular flexibility index (Phi) is 6.17. The molecule has 1 unspecified atom stereocenters. The first kappa shape index (κ1) is 21.7. The van der Waals surface area contributed by atoms with Crippen molar-refractivity contribution in [3.05, 3.63) is 48.4 Å². The largest absolute Gasteiger partial charge is 0.466 e. The number of nitrogens with zero attached hydrogens (tertiary/aromatic N) is 7. The molecule has 0 saturated carbocycles. The summed E-state index contributed by atoms with van der Waals surface area (Å²) in [6, 6.07) is 1.61. The second-order valence-corrected chi connectivity index (χ2v) is 9.28. The van der Waals surface area contributed by atoms with Crippen molar-refractivity contribution in [3.8, 4) is 16.5 Å². The van der Waals surface area contributed by atoms with E-state index in [0.29, 0.717) is 27.3 Å². The van der Waals surface area contributed by atoms with Crippen LogP contribution >= 0.6 is 11.3 Å². The van der Waals surface area contributed by atoms with E-state index in [-0.39, 0.29) is 6.10 Å². The van der Waals surface area contributed by atoms with Crippen molar-refractivity contribution in [3.63, 3.8) is 0 Å². The monoisotopic (exact) mass is 467 g/mol. The van der Waals surface area contributed by atoms with Gasteiger partial charge in [-0.25, -0.2) is 23.9 Å². The third kappa shape index (κ3) is 4.66. The maximum atomic E-state index is 14.0. The van der Waals surface area contributed by atoms with Crippen LogP contribution in [0.3, 0.4) is 0 Å². The van der Waals surface area contributed by atoms with Gasteiger partial charge in [0.2, 0.25) is 10.9 Å². The SMILES string of the molecule is CCCc1cnc(N2CCC(C(C)Oc3nn4cc(-c5ccncc5F)nc4s3)CC2)nc1. The van der Waals surface area contributed by atoms with Gasteiger partial charge in [0.25, 0.3) is 5.19 Å². The second-order valence-electron chi connectivity index (χ2n) is 8.37. The average Bonchev–Trinajstić information content (AvgIpc) is 3.39. The molecule has 0 bridgehead atoms. The van der Waals surface area contributed by atoms with Crippen LogP contribution in [0.15, 0.2) is 37.1 Å². The first-order valence-electron chi connectivity index (χ1n) is 11.3. The highest BCUT2D eigenvalue weighted by molar-refractivity contribution is 7.18. The van der Waals surface area contributed by atoms with Gasteiger partial charge < -0.3 is 9.64 Å². The molecule has 0 N–H and O–H groups in total. The van der Waals surface area contributed by atoms with E-state index in [0.717, 1.165) is 44.7 Å². The molecule has 0 radical (unpaired) electrons. The zero-order chi connectivity index (χ0) is 22.8. The van der Waals surface area contributed by atoms with Crippen molar-refractivity contribution in [1.82, 2.24) is 29.5 Å². The highest BCUT2D eigenvalue weighted by atomic mass is 32.1. The van der Waals surface area contributed by atoms with Gasteiger partial charge in [0.1, 0.15) is 6.10 Å². The van der Waals surface area contributed by atoms with Crippen LogP contribution in [0.25, 0.3) is 16.2 Å². The fraction of sp³-hybridized carbons (Fsp3) is 0.435. The Hall–Kier alpha value is -3.14. The number of aromatic nitrogens is 6. The van der Waals surface area contributed by atoms with Gasteiger partial charge in [-0.1, -0.05) is 13.3 Å². The van der Waals surface area contributed by atoms with Crippen LogP contribution in [0.5, 0.6) is 5.19 Å². The molecule has 8 nitrogen and oxygen atoms in total. The molecule has 1 fully saturated rings. The standard InChI is InChI=1S/C23H26FN7OS/c1-3-4-16-11-26-21(27-12-16)30-9-6-17(7-10-30)15(2)32-23-29-31-14-20(28-22(31)33-23)18-5-8-25-13-19(18)24/h5,8,11-15,17H,3-4,6-7,9-10H2,1-2H3. The third-order valence-corrected chi connectivity index (χ3v) is 6.89. The number of hydrogen-bond acceptors (Lipinski definition) is 8. The number of imidazole rings is 1. The predicted octanol–water partition coefficient (Wildman–Crippen LogP) is 4.42. The zero-order valence-electron chi connectivity index (χ0n) is 18.7. The lowest BCUT2D eigenvalue weighted by atomic mass is 9.92. The molecule has 4 aromatic heterocycles. The van der Waals surface area contributed by atoms with E-state index in [1.165, 1.54) is 23.1 Å². The summed E-state index contributed by atoms with van der Waals surface area (Å²) >= 11 is 1.36. The summed E-state index contributed by atoms with van der Waals surface area (Å²) in [5, 5.41) is 5.06. The van der Waals surface area contributed by atoms with Gasteiger partial charge in [-0.2, -0.15) is 0 Å². The van der Waals surface area contributed by atoms with E-state index >= 15 is 0 Å². The van der Waals surface area contributed by atoms with E-state index in [9.17, 15) is 4.39 Å². The number of ether oxygens (including phenoxy) is 1. The van der Waals surface area contributed by atoms with E-state index in [1.807, 2.05) is 12.4 Å². The summed E-state index contributed by atoms with van der Waals surface area (Å²) in [4.78, 5) is 20.3. The molecule has 1 atom stereocenters. The van der Waals surface area contributed by atoms with Crippen molar-refractivity contribution >= 4 is 22.2 Å². The van der Waals surface area contributed by atoms with Crippen molar-refractivity contribution < 1.29 is 9.13 Å². The molecule has 5 heterocycles. The summed E-state index contributed by atoms with van der Waals surface area (Å²) < 4.78 is 21.8. The van der Waals surface area contributed by atoms with Crippen LogP contribution in [0.1, 0.15) is 38.7 Å². The van der Waals surface area contributed by atoms with Gasteiger partial charge >= 0.3 is 0 Å². The first-order chi connectivity index (χ1) is 16.1. The van der Waals surface area contributed by atoms with Crippen LogP contribution in [0.2, 0.25) is 0 Å². The third-order valence-electron chi connectivity index (χ3n) is 6.08. The van der Waals surface area contributed by atoms with Crippen LogP contribution in [-0.4, -0.2) is 48.7 Å². The Labute approximate surface area is 195 Å². The van der Waals surface area contributed by atoms with Crippen LogP contribution in [-0.2, 0) is 6.42 Å². The number of aryl methyl sites for hydroxylation is 1. The topological polar surface area (TPSA) is 81.3 Å². The summed E-state index contributed by atoms with van der Waals surface area (Å²) in [7, 11) is 0. The van der Waals surface area contributed by atoms with Gasteiger partial charge in [0.15, 0.2) is 5.82 Å². The Morgan fingerprint density at radius 2 is 2.00 bits per heavy atom. The van der Waals surface area contributed by atoms with Crippen molar-refractivity contribution in [1.29, 1.82) is 0 Å². The quantitative estimate of drug-likeness (QED) is 0.398. The Bertz CT molecular complexity index is 1190. The normalized spacial score (nSPS) is 15.8.